The van der Waals surface area contributed by atoms with Gasteiger partial charge in [0.15, 0.2) is 0 Å². The van der Waals surface area contributed by atoms with Gasteiger partial charge in [0.25, 0.3) is 11.8 Å². The Labute approximate surface area is 92.0 Å². The third-order valence-electron chi connectivity index (χ3n) is 2.52. The predicted molar refractivity (Wildman–Crippen MR) is 55.6 cm³/mol. The van der Waals surface area contributed by atoms with Crippen molar-refractivity contribution >= 4 is 18.2 Å². The van der Waals surface area contributed by atoms with E-state index in [1.807, 2.05) is 0 Å². The second-order valence-corrected chi connectivity index (χ2v) is 3.49. The zero-order valence-corrected chi connectivity index (χ0v) is 8.64. The molecule has 1 aliphatic rings. The minimum Gasteiger partial charge on any atom is -0.338 e. The maximum Gasteiger partial charge on any atom is 0.263 e. The molecule has 0 aromatic heterocycles. The van der Waals surface area contributed by atoms with E-state index in [0.717, 1.165) is 4.90 Å². The van der Waals surface area contributed by atoms with Crippen molar-refractivity contribution in [2.24, 2.45) is 0 Å². The number of carbonyl (C=O) groups is 3. The summed E-state index contributed by atoms with van der Waals surface area (Å²) < 4.78 is 0. The largest absolute Gasteiger partial charge is 0.338 e. The Morgan fingerprint density at radius 3 is 2.12 bits per heavy atom. The van der Waals surface area contributed by atoms with E-state index in [2.05, 4.69) is 5.32 Å². The molecule has 1 aromatic carbocycles. The molecule has 0 saturated carbocycles. The zero-order valence-electron chi connectivity index (χ0n) is 8.64. The first-order chi connectivity index (χ1) is 7.66. The Hall–Kier alpha value is -2.17. The van der Waals surface area contributed by atoms with E-state index in [-0.39, 0.29) is 11.8 Å². The molecule has 0 fully saturated rings. The number of fused-ring (bicyclic) bond motifs is 1. The van der Waals surface area contributed by atoms with Crippen LogP contribution in [0, 0.1) is 0 Å². The van der Waals surface area contributed by atoms with Crippen molar-refractivity contribution in [3.8, 4) is 0 Å². The van der Waals surface area contributed by atoms with Crippen LogP contribution in [-0.4, -0.2) is 29.3 Å². The molecule has 5 heteroatoms. The fourth-order valence-electron chi connectivity index (χ4n) is 1.73. The molecule has 1 N–H and O–H groups in total. The smallest absolute Gasteiger partial charge is 0.263 e. The average molecular weight is 218 g/mol. The molecule has 16 heavy (non-hydrogen) atoms. The third-order valence-corrected chi connectivity index (χ3v) is 2.52. The summed E-state index contributed by atoms with van der Waals surface area (Å²) in [6, 6.07) is 6.60. The van der Waals surface area contributed by atoms with Gasteiger partial charge < -0.3 is 5.32 Å². The summed E-state index contributed by atoms with van der Waals surface area (Å²) in [6.07, 6.45) is -0.168. The molecule has 5 nitrogen and oxygen atoms in total. The predicted octanol–water partition coefficient (Wildman–Crippen LogP) is 0.375. The number of nitrogens with zero attached hydrogens (tertiary/aromatic N) is 1. The topological polar surface area (TPSA) is 66.5 Å². The van der Waals surface area contributed by atoms with Crippen molar-refractivity contribution in [2.75, 3.05) is 0 Å². The molecule has 0 spiro atoms. The normalized spacial score (nSPS) is 15.9. The van der Waals surface area contributed by atoms with E-state index in [1.165, 1.54) is 0 Å². The minimum absolute atomic E-state index is 0.373. The molecule has 1 aliphatic heterocycles. The van der Waals surface area contributed by atoms with E-state index in [1.54, 1.807) is 31.2 Å². The highest BCUT2D eigenvalue weighted by molar-refractivity contribution is 6.21. The number of hydrogen-bond donors (Lipinski definition) is 1. The number of benzene rings is 1. The van der Waals surface area contributed by atoms with Crippen LogP contribution in [-0.2, 0) is 4.79 Å². The van der Waals surface area contributed by atoms with Gasteiger partial charge in [-0.2, -0.15) is 0 Å². The maximum absolute atomic E-state index is 11.9. The second kappa shape index (κ2) is 3.77. The van der Waals surface area contributed by atoms with Crippen LogP contribution in [0.25, 0.3) is 0 Å². The lowest BCUT2D eigenvalue weighted by atomic mass is 10.1. The van der Waals surface area contributed by atoms with Crippen LogP contribution in [0.3, 0.4) is 0 Å². The molecular weight excluding hydrogens is 208 g/mol. The lowest BCUT2D eigenvalue weighted by Gasteiger charge is -2.21. The molecule has 0 aliphatic carbocycles. The molecule has 2 rings (SSSR count). The van der Waals surface area contributed by atoms with Gasteiger partial charge in [-0.15, -0.1) is 0 Å². The van der Waals surface area contributed by atoms with Crippen LogP contribution in [0.5, 0.6) is 0 Å². The van der Waals surface area contributed by atoms with Gasteiger partial charge in [0, 0.05) is 0 Å². The highest BCUT2D eigenvalue weighted by atomic mass is 16.2. The van der Waals surface area contributed by atoms with Crippen molar-refractivity contribution in [1.29, 1.82) is 0 Å². The van der Waals surface area contributed by atoms with E-state index in [4.69, 9.17) is 0 Å². The van der Waals surface area contributed by atoms with Crippen LogP contribution in [0.15, 0.2) is 24.3 Å². The van der Waals surface area contributed by atoms with Gasteiger partial charge in [0.2, 0.25) is 6.41 Å². The van der Waals surface area contributed by atoms with Gasteiger partial charge in [0.1, 0.15) is 6.17 Å². The second-order valence-electron chi connectivity index (χ2n) is 3.49. The van der Waals surface area contributed by atoms with Crippen molar-refractivity contribution in [2.45, 2.75) is 13.1 Å². The van der Waals surface area contributed by atoms with E-state index >= 15 is 0 Å². The van der Waals surface area contributed by atoms with Gasteiger partial charge in [-0.25, -0.2) is 0 Å². The molecule has 3 amide bonds. The highest BCUT2D eigenvalue weighted by Crippen LogP contribution is 2.23. The number of nitrogens with one attached hydrogen (secondary N) is 1. The zero-order chi connectivity index (χ0) is 11.7. The van der Waals surface area contributed by atoms with Crippen molar-refractivity contribution in [3.05, 3.63) is 35.4 Å². The molecule has 0 radical (unpaired) electrons. The quantitative estimate of drug-likeness (QED) is 0.589. The van der Waals surface area contributed by atoms with Crippen LogP contribution in [0.1, 0.15) is 27.6 Å². The molecule has 0 saturated heterocycles. The van der Waals surface area contributed by atoms with Gasteiger partial charge in [-0.1, -0.05) is 12.1 Å². The highest BCUT2D eigenvalue weighted by Gasteiger charge is 2.37. The van der Waals surface area contributed by atoms with Gasteiger partial charge >= 0.3 is 0 Å². The molecule has 1 heterocycles. The summed E-state index contributed by atoms with van der Waals surface area (Å²) in [5.41, 5.74) is 0.763. The van der Waals surface area contributed by atoms with Crippen LogP contribution in [0.4, 0.5) is 0 Å². The Morgan fingerprint density at radius 1 is 1.19 bits per heavy atom. The Balaban J connectivity index is 2.38. The summed E-state index contributed by atoms with van der Waals surface area (Å²) in [7, 11) is 0. The monoisotopic (exact) mass is 218 g/mol. The lowest BCUT2D eigenvalue weighted by molar-refractivity contribution is -0.110. The first-order valence-corrected chi connectivity index (χ1v) is 4.83. The maximum atomic E-state index is 11.9. The SMILES string of the molecule is CC(NC=O)N1C(=O)c2ccccc2C1=O. The number of rotatable bonds is 3. The fraction of sp³-hybridized carbons (Fsp3) is 0.182. The van der Waals surface area contributed by atoms with Gasteiger partial charge in [-0.3, -0.25) is 19.3 Å². The van der Waals surface area contributed by atoms with Crippen LogP contribution in [0.2, 0.25) is 0 Å². The number of imide groups is 1. The molecular formula is C11H10N2O3. The van der Waals surface area contributed by atoms with Crippen molar-refractivity contribution < 1.29 is 14.4 Å². The third kappa shape index (κ3) is 1.37. The molecule has 1 atom stereocenters. The number of amides is 3. The first-order valence-electron chi connectivity index (χ1n) is 4.83. The molecule has 1 unspecified atom stereocenters. The van der Waals surface area contributed by atoms with Crippen molar-refractivity contribution in [1.82, 2.24) is 10.2 Å². The summed E-state index contributed by atoms with van der Waals surface area (Å²) >= 11 is 0. The van der Waals surface area contributed by atoms with Crippen LogP contribution < -0.4 is 5.32 Å². The molecule has 82 valence electrons. The number of hydrogen-bond acceptors (Lipinski definition) is 3. The Kier molecular flexibility index (Phi) is 2.44. The minimum atomic E-state index is -0.634. The standard InChI is InChI=1S/C11H10N2O3/c1-7(12-6-14)13-10(15)8-4-2-3-5-9(8)11(13)16/h2-7H,1H3,(H,12,14). The van der Waals surface area contributed by atoms with Crippen molar-refractivity contribution in [3.63, 3.8) is 0 Å². The summed E-state index contributed by atoms with van der Waals surface area (Å²) in [4.78, 5) is 35.1. The van der Waals surface area contributed by atoms with Gasteiger partial charge in [0.05, 0.1) is 11.1 Å². The van der Waals surface area contributed by atoms with Gasteiger partial charge in [-0.05, 0) is 19.1 Å². The van der Waals surface area contributed by atoms with E-state index in [9.17, 15) is 14.4 Å². The van der Waals surface area contributed by atoms with Crippen LogP contribution >= 0.6 is 0 Å². The lowest BCUT2D eigenvalue weighted by Crippen LogP contribution is -2.46. The van der Waals surface area contributed by atoms with E-state index < -0.39 is 6.17 Å². The first kappa shape index (κ1) is 10.4. The molecule has 1 aromatic rings. The fourth-order valence-corrected chi connectivity index (χ4v) is 1.73. The number of carbonyl (C=O) groups excluding carboxylic acids is 3. The Morgan fingerprint density at radius 2 is 1.69 bits per heavy atom. The average Bonchev–Trinajstić information content (AvgIpc) is 2.53. The van der Waals surface area contributed by atoms with E-state index in [0.29, 0.717) is 17.5 Å². The summed E-state index contributed by atoms with van der Waals surface area (Å²) in [5.74, 6) is -0.745. The molecule has 0 bridgehead atoms. The summed E-state index contributed by atoms with van der Waals surface area (Å²) in [6.45, 7) is 1.58. The Bertz CT molecular complexity index is 435. The summed E-state index contributed by atoms with van der Waals surface area (Å²) in [5, 5.41) is 2.39.